The molecule has 1 aliphatic heterocycles. The van der Waals surface area contributed by atoms with Crippen molar-refractivity contribution in [2.24, 2.45) is 0 Å². The molecular formula is C21H22N2O6S. The van der Waals surface area contributed by atoms with E-state index < -0.39 is 22.0 Å². The minimum Gasteiger partial charge on any atom is -0.493 e. The van der Waals surface area contributed by atoms with Crippen LogP contribution in [0.4, 0.5) is 0 Å². The van der Waals surface area contributed by atoms with Crippen LogP contribution in [0.2, 0.25) is 0 Å². The maximum atomic E-state index is 13.4. The highest BCUT2D eigenvalue weighted by molar-refractivity contribution is 7.89. The van der Waals surface area contributed by atoms with Crippen molar-refractivity contribution >= 4 is 16.0 Å². The minimum atomic E-state index is -3.97. The maximum absolute atomic E-state index is 13.4. The van der Waals surface area contributed by atoms with Crippen LogP contribution in [0, 0.1) is 11.3 Å². The Kier molecular flexibility index (Phi) is 6.29. The molecule has 0 fully saturated rings. The van der Waals surface area contributed by atoms with Crippen LogP contribution in [0.25, 0.3) is 0 Å². The number of hydrogen-bond acceptors (Lipinski definition) is 7. The maximum Gasteiger partial charge on any atom is 0.307 e. The summed E-state index contributed by atoms with van der Waals surface area (Å²) in [6, 6.07) is 10.5. The first-order chi connectivity index (χ1) is 14.3. The van der Waals surface area contributed by atoms with Gasteiger partial charge in [0.25, 0.3) is 0 Å². The molecule has 0 radical (unpaired) electrons. The van der Waals surface area contributed by atoms with Crippen molar-refractivity contribution in [3.05, 3.63) is 53.1 Å². The van der Waals surface area contributed by atoms with Gasteiger partial charge >= 0.3 is 5.97 Å². The quantitative estimate of drug-likeness (QED) is 0.648. The van der Waals surface area contributed by atoms with Gasteiger partial charge in [0.15, 0.2) is 11.5 Å². The first-order valence-corrected chi connectivity index (χ1v) is 10.6. The van der Waals surface area contributed by atoms with E-state index in [2.05, 4.69) is 0 Å². The fraction of sp³-hybridized carbons (Fsp3) is 0.333. The van der Waals surface area contributed by atoms with Crippen LogP contribution in [0.3, 0.4) is 0 Å². The van der Waals surface area contributed by atoms with Crippen LogP contribution in [-0.4, -0.2) is 46.6 Å². The fourth-order valence-corrected chi connectivity index (χ4v) is 5.26. The zero-order valence-corrected chi connectivity index (χ0v) is 17.7. The van der Waals surface area contributed by atoms with Gasteiger partial charge in [0, 0.05) is 6.54 Å². The Bertz CT molecular complexity index is 1110. The average Bonchev–Trinajstić information content (AvgIpc) is 2.77. The number of carbonyl (C=O) groups is 1. The summed E-state index contributed by atoms with van der Waals surface area (Å²) in [5.74, 6) is 0.441. The zero-order chi connectivity index (χ0) is 21.9. The molecule has 2 aromatic rings. The molecule has 1 heterocycles. The van der Waals surface area contributed by atoms with Gasteiger partial charge in [0.05, 0.1) is 50.3 Å². The third kappa shape index (κ3) is 3.97. The molecule has 0 saturated heterocycles. The molecule has 158 valence electrons. The van der Waals surface area contributed by atoms with E-state index in [1.165, 1.54) is 49.9 Å². The molecule has 0 aliphatic carbocycles. The summed E-state index contributed by atoms with van der Waals surface area (Å²) in [6.45, 7) is 0.170. The summed E-state index contributed by atoms with van der Waals surface area (Å²) in [5.41, 5.74) is 1.77. The lowest BCUT2D eigenvalue weighted by Gasteiger charge is -2.36. The minimum absolute atomic E-state index is 0.000317. The normalized spacial score (nSPS) is 16.3. The van der Waals surface area contributed by atoms with Gasteiger partial charge < -0.3 is 14.2 Å². The number of carbonyl (C=O) groups excluding carboxylic acids is 1. The van der Waals surface area contributed by atoms with E-state index in [4.69, 9.17) is 19.5 Å². The standard InChI is InChI=1S/C21H22N2O6S/c1-27-19-10-15-7-8-23(30(25,26)16-6-4-5-14(9-16)13-22)18(12-21(24)29-3)17(15)11-20(19)28-2/h4-6,9-11,18H,7-8,12H2,1-3H3. The first-order valence-electron chi connectivity index (χ1n) is 9.19. The van der Waals surface area contributed by atoms with E-state index in [-0.39, 0.29) is 23.4 Å². The summed E-state index contributed by atoms with van der Waals surface area (Å²) < 4.78 is 43.7. The summed E-state index contributed by atoms with van der Waals surface area (Å²) in [6.07, 6.45) is 0.278. The monoisotopic (exact) mass is 430 g/mol. The predicted molar refractivity (Wildman–Crippen MR) is 108 cm³/mol. The van der Waals surface area contributed by atoms with Gasteiger partial charge in [-0.2, -0.15) is 9.57 Å². The number of sulfonamides is 1. The molecule has 1 unspecified atom stereocenters. The van der Waals surface area contributed by atoms with Crippen molar-refractivity contribution in [2.45, 2.75) is 23.8 Å². The molecule has 1 aliphatic rings. The molecule has 30 heavy (non-hydrogen) atoms. The number of fused-ring (bicyclic) bond motifs is 1. The average molecular weight is 430 g/mol. The SMILES string of the molecule is COC(=O)CC1c2cc(OC)c(OC)cc2CCN1S(=O)(=O)c1cccc(C#N)c1. The van der Waals surface area contributed by atoms with E-state index in [1.54, 1.807) is 12.1 Å². The fourth-order valence-electron chi connectivity index (χ4n) is 3.61. The molecule has 0 spiro atoms. The Labute approximate surface area is 175 Å². The molecule has 3 rings (SSSR count). The molecule has 1 atom stereocenters. The van der Waals surface area contributed by atoms with Gasteiger partial charge in [-0.1, -0.05) is 6.07 Å². The van der Waals surface area contributed by atoms with Crippen LogP contribution in [-0.2, 0) is 26.0 Å². The molecular weight excluding hydrogens is 408 g/mol. The van der Waals surface area contributed by atoms with Crippen molar-refractivity contribution in [3.63, 3.8) is 0 Å². The predicted octanol–water partition coefficient (Wildman–Crippen LogP) is 2.43. The van der Waals surface area contributed by atoms with Crippen molar-refractivity contribution in [2.75, 3.05) is 27.9 Å². The molecule has 0 N–H and O–H groups in total. The number of nitriles is 1. The lowest BCUT2D eigenvalue weighted by Crippen LogP contribution is -2.41. The summed E-state index contributed by atoms with van der Waals surface area (Å²) in [4.78, 5) is 12.1. The second-order valence-electron chi connectivity index (χ2n) is 6.71. The van der Waals surface area contributed by atoms with Crippen LogP contribution < -0.4 is 9.47 Å². The van der Waals surface area contributed by atoms with Gasteiger partial charge in [-0.3, -0.25) is 4.79 Å². The molecule has 0 amide bonds. The smallest absolute Gasteiger partial charge is 0.307 e. The number of nitrogens with zero attached hydrogens (tertiary/aromatic N) is 2. The van der Waals surface area contributed by atoms with Gasteiger partial charge in [-0.25, -0.2) is 8.42 Å². The third-order valence-corrected chi connectivity index (χ3v) is 7.02. The number of hydrogen-bond donors (Lipinski definition) is 0. The largest absolute Gasteiger partial charge is 0.493 e. The van der Waals surface area contributed by atoms with Gasteiger partial charge in [0.1, 0.15) is 0 Å². The second kappa shape index (κ2) is 8.73. The van der Waals surface area contributed by atoms with E-state index >= 15 is 0 Å². The van der Waals surface area contributed by atoms with E-state index in [1.807, 2.05) is 6.07 Å². The molecule has 0 aromatic heterocycles. The highest BCUT2D eigenvalue weighted by Gasteiger charge is 2.38. The number of benzene rings is 2. The Morgan fingerprint density at radius 2 is 1.87 bits per heavy atom. The topological polar surface area (TPSA) is 106 Å². The van der Waals surface area contributed by atoms with Gasteiger partial charge in [0.2, 0.25) is 10.0 Å². The highest BCUT2D eigenvalue weighted by atomic mass is 32.2. The number of methoxy groups -OCH3 is 3. The van der Waals surface area contributed by atoms with Gasteiger partial charge in [-0.05, 0) is 47.9 Å². The summed E-state index contributed by atoms with van der Waals surface area (Å²) >= 11 is 0. The van der Waals surface area contributed by atoms with Crippen molar-refractivity contribution in [3.8, 4) is 17.6 Å². The number of rotatable bonds is 6. The van der Waals surface area contributed by atoms with E-state index in [0.717, 1.165) is 5.56 Å². The summed E-state index contributed by atoms with van der Waals surface area (Å²) in [7, 11) is 0.303. The Morgan fingerprint density at radius 1 is 1.17 bits per heavy atom. The highest BCUT2D eigenvalue weighted by Crippen LogP contribution is 2.41. The number of ether oxygens (including phenoxy) is 3. The Morgan fingerprint density at radius 3 is 2.50 bits per heavy atom. The van der Waals surface area contributed by atoms with E-state index in [9.17, 15) is 13.2 Å². The second-order valence-corrected chi connectivity index (χ2v) is 8.60. The lowest BCUT2D eigenvalue weighted by molar-refractivity contribution is -0.141. The van der Waals surface area contributed by atoms with Crippen molar-refractivity contribution < 1.29 is 27.4 Å². The van der Waals surface area contributed by atoms with Gasteiger partial charge in [-0.15, -0.1) is 0 Å². The Balaban J connectivity index is 2.13. The summed E-state index contributed by atoms with van der Waals surface area (Å²) in [5, 5.41) is 9.13. The van der Waals surface area contributed by atoms with E-state index in [0.29, 0.717) is 23.5 Å². The first kappa shape index (κ1) is 21.6. The van der Waals surface area contributed by atoms with Crippen LogP contribution in [0.5, 0.6) is 11.5 Å². The molecule has 0 bridgehead atoms. The van der Waals surface area contributed by atoms with Crippen molar-refractivity contribution in [1.82, 2.24) is 4.31 Å². The van der Waals surface area contributed by atoms with Crippen molar-refractivity contribution in [1.29, 1.82) is 5.26 Å². The number of esters is 1. The molecule has 2 aromatic carbocycles. The van der Waals surface area contributed by atoms with Crippen LogP contribution in [0.1, 0.15) is 29.2 Å². The third-order valence-electron chi connectivity index (χ3n) is 5.11. The zero-order valence-electron chi connectivity index (χ0n) is 16.9. The lowest BCUT2D eigenvalue weighted by atomic mass is 9.91. The Hall–Kier alpha value is -3.09. The van der Waals surface area contributed by atoms with Crippen LogP contribution >= 0.6 is 0 Å². The van der Waals surface area contributed by atoms with Crippen LogP contribution in [0.15, 0.2) is 41.3 Å². The molecule has 0 saturated carbocycles. The molecule has 9 heteroatoms. The molecule has 8 nitrogen and oxygen atoms in total.